The van der Waals surface area contributed by atoms with Gasteiger partial charge in [0.25, 0.3) is 0 Å². The molecule has 0 fully saturated rings. The number of benzene rings is 2. The van der Waals surface area contributed by atoms with Crippen molar-refractivity contribution >= 4 is 23.4 Å². The summed E-state index contributed by atoms with van der Waals surface area (Å²) in [6.07, 6.45) is -0.384. The summed E-state index contributed by atoms with van der Waals surface area (Å²) >= 11 is 5.92. The van der Waals surface area contributed by atoms with Crippen molar-refractivity contribution in [2.45, 2.75) is 6.92 Å². The van der Waals surface area contributed by atoms with Gasteiger partial charge < -0.3 is 14.7 Å². The van der Waals surface area contributed by atoms with E-state index in [0.29, 0.717) is 16.5 Å². The molecule has 0 spiro atoms. The van der Waals surface area contributed by atoms with Gasteiger partial charge in [0, 0.05) is 6.07 Å². The fourth-order valence-corrected chi connectivity index (χ4v) is 1.73. The Morgan fingerprint density at radius 3 is 2.55 bits per heavy atom. The molecule has 0 aromatic heterocycles. The number of hydrogen-bond acceptors (Lipinski definition) is 4. The molecule has 7 heteroatoms. The van der Waals surface area contributed by atoms with Crippen molar-refractivity contribution in [3.63, 3.8) is 0 Å². The van der Waals surface area contributed by atoms with Crippen molar-refractivity contribution in [2.75, 3.05) is 7.11 Å². The van der Waals surface area contributed by atoms with Crippen LogP contribution in [0.1, 0.15) is 5.56 Å². The zero-order chi connectivity index (χ0) is 15.9. The Labute approximate surface area is 132 Å². The van der Waals surface area contributed by atoms with Gasteiger partial charge in [-0.1, -0.05) is 29.3 Å². The number of aliphatic hydroxyl groups excluding tert-OH is 1. The van der Waals surface area contributed by atoms with E-state index in [-0.39, 0.29) is 11.8 Å². The van der Waals surface area contributed by atoms with Crippen LogP contribution < -0.4 is 14.6 Å². The third-order valence-electron chi connectivity index (χ3n) is 2.61. The van der Waals surface area contributed by atoms with E-state index < -0.39 is 0 Å². The van der Waals surface area contributed by atoms with E-state index in [1.54, 1.807) is 24.3 Å². The molecular weight excluding hydrogens is 310 g/mol. The van der Waals surface area contributed by atoms with Gasteiger partial charge in [0.2, 0.25) is 5.69 Å². The molecule has 0 amide bonds. The first-order chi connectivity index (χ1) is 10.6. The average Bonchev–Trinajstić information content (AvgIpc) is 2.50. The molecule has 2 rings (SSSR count). The number of halogens is 1. The van der Waals surface area contributed by atoms with Crippen LogP contribution in [0.25, 0.3) is 0 Å². The fraction of sp³-hybridized carbons (Fsp3) is 0.133. The first-order valence-corrected chi connectivity index (χ1v) is 6.70. The van der Waals surface area contributed by atoms with E-state index in [9.17, 15) is 5.11 Å². The number of ether oxygens (including phenoxy) is 1. The minimum atomic E-state index is -0.384. The number of rotatable bonds is 5. The highest BCUT2D eigenvalue weighted by Gasteiger charge is 2.11. The summed E-state index contributed by atoms with van der Waals surface area (Å²) < 4.78 is 5.26. The molecule has 0 heterocycles. The molecule has 0 unspecified atom stereocenters. The standard InChI is InChI=1S/C15H14ClNO5/c1-10-3-6-12(7-4-10)20-15(18)17-11-5-8-13(16)14(9-11)21-22-19-2/h3-9H,1-2H3,(H,17,18)/p+1. The predicted molar refractivity (Wildman–Crippen MR) is 80.2 cm³/mol. The second-order valence-electron chi connectivity index (χ2n) is 4.31. The summed E-state index contributed by atoms with van der Waals surface area (Å²) in [4.78, 5) is 11.8. The number of nitrogens with one attached hydrogen (secondary N) is 1. The van der Waals surface area contributed by atoms with Gasteiger partial charge in [0.15, 0.2) is 5.75 Å². The highest BCUT2D eigenvalue weighted by atomic mass is 35.5. The van der Waals surface area contributed by atoms with Gasteiger partial charge in [-0.05, 0) is 30.2 Å². The molecule has 0 saturated heterocycles. The van der Waals surface area contributed by atoms with Crippen LogP contribution >= 0.6 is 11.6 Å². The smallest absolute Gasteiger partial charge is 0.429 e. The normalized spacial score (nSPS) is 11.3. The minimum absolute atomic E-state index is 0.219. The van der Waals surface area contributed by atoms with Gasteiger partial charge >= 0.3 is 6.08 Å². The summed E-state index contributed by atoms with van der Waals surface area (Å²) in [5.41, 5.74) is 1.58. The molecule has 0 aliphatic carbocycles. The quantitative estimate of drug-likeness (QED) is 0.382. The van der Waals surface area contributed by atoms with Gasteiger partial charge in [-0.2, -0.15) is 4.89 Å². The van der Waals surface area contributed by atoms with Gasteiger partial charge in [-0.25, -0.2) is 0 Å². The van der Waals surface area contributed by atoms with Crippen LogP contribution in [-0.2, 0) is 9.93 Å². The van der Waals surface area contributed by atoms with Crippen LogP contribution in [0, 0.1) is 6.92 Å². The molecule has 0 bridgehead atoms. The molecule has 22 heavy (non-hydrogen) atoms. The second-order valence-corrected chi connectivity index (χ2v) is 4.72. The zero-order valence-electron chi connectivity index (χ0n) is 12.0. The summed E-state index contributed by atoms with van der Waals surface area (Å²) in [7, 11) is 1.30. The maximum absolute atomic E-state index is 9.82. The van der Waals surface area contributed by atoms with Crippen LogP contribution in [0.15, 0.2) is 42.5 Å². The van der Waals surface area contributed by atoms with Gasteiger partial charge in [-0.3, -0.25) is 0 Å². The molecule has 0 aliphatic rings. The Kier molecular flexibility index (Phi) is 5.60. The van der Waals surface area contributed by atoms with Crippen molar-refractivity contribution in [1.29, 1.82) is 0 Å². The van der Waals surface area contributed by atoms with E-state index in [0.717, 1.165) is 5.56 Å². The van der Waals surface area contributed by atoms with Crippen molar-refractivity contribution in [1.82, 2.24) is 0 Å². The largest absolute Gasteiger partial charge is 0.556 e. The second kappa shape index (κ2) is 7.65. The van der Waals surface area contributed by atoms with E-state index >= 15 is 0 Å². The van der Waals surface area contributed by atoms with Crippen LogP contribution in [0.3, 0.4) is 0 Å². The number of aryl methyl sites for hydroxylation is 1. The lowest BCUT2D eigenvalue weighted by Gasteiger charge is -2.02. The summed E-state index contributed by atoms with van der Waals surface area (Å²) in [5.74, 6) is 0.723. The molecular formula is C15H15ClNO5+. The third-order valence-corrected chi connectivity index (χ3v) is 2.92. The van der Waals surface area contributed by atoms with Crippen LogP contribution in [0.5, 0.6) is 11.5 Å². The monoisotopic (exact) mass is 324 g/mol. The maximum atomic E-state index is 9.82. The van der Waals surface area contributed by atoms with Gasteiger partial charge in [0.05, 0.1) is 18.2 Å². The highest BCUT2D eigenvalue weighted by Crippen LogP contribution is 2.26. The lowest BCUT2D eigenvalue weighted by molar-refractivity contribution is -0.453. The molecule has 2 aromatic carbocycles. The molecule has 0 saturated carbocycles. The SMILES string of the molecule is COOOc1cc([NH+]=C(O)Oc2ccc(C)cc2)ccc1Cl. The predicted octanol–water partition coefficient (Wildman–Crippen LogP) is 2.23. The zero-order valence-corrected chi connectivity index (χ0v) is 12.8. The van der Waals surface area contributed by atoms with E-state index in [2.05, 4.69) is 14.9 Å². The van der Waals surface area contributed by atoms with Crippen LogP contribution in [0.4, 0.5) is 5.69 Å². The third kappa shape index (κ3) is 4.63. The summed E-state index contributed by atoms with van der Waals surface area (Å²) in [6.45, 7) is 1.96. The molecule has 0 radical (unpaired) electrons. The lowest BCUT2D eigenvalue weighted by Crippen LogP contribution is -2.68. The average molecular weight is 325 g/mol. The van der Waals surface area contributed by atoms with E-state index in [1.807, 2.05) is 19.1 Å². The Balaban J connectivity index is 2.11. The van der Waals surface area contributed by atoms with Crippen molar-refractivity contribution < 1.29 is 29.6 Å². The minimum Gasteiger partial charge on any atom is -0.429 e. The molecule has 6 nitrogen and oxygen atoms in total. The number of aliphatic hydroxyl groups is 1. The van der Waals surface area contributed by atoms with Crippen LogP contribution in [-0.4, -0.2) is 18.3 Å². The van der Waals surface area contributed by atoms with Crippen molar-refractivity contribution in [3.8, 4) is 11.5 Å². The Bertz CT molecular complexity index is 657. The number of hydrogen-bond donors (Lipinski definition) is 2. The van der Waals surface area contributed by atoms with Gasteiger partial charge in [-0.15, -0.1) is 4.99 Å². The molecule has 0 atom stereocenters. The Morgan fingerprint density at radius 1 is 1.14 bits per heavy atom. The lowest BCUT2D eigenvalue weighted by atomic mass is 10.2. The summed E-state index contributed by atoms with van der Waals surface area (Å²) in [6, 6.07) is 12.0. The molecule has 2 N–H and O–H groups in total. The topological polar surface area (TPSA) is 71.1 Å². The summed E-state index contributed by atoms with van der Waals surface area (Å²) in [5, 5.41) is 14.5. The van der Waals surface area contributed by atoms with E-state index in [1.165, 1.54) is 13.2 Å². The van der Waals surface area contributed by atoms with Crippen LogP contribution in [0.2, 0.25) is 5.02 Å². The fourth-order valence-electron chi connectivity index (χ4n) is 1.58. The first-order valence-electron chi connectivity index (χ1n) is 6.33. The maximum Gasteiger partial charge on any atom is 0.556 e. The van der Waals surface area contributed by atoms with Gasteiger partial charge in [0.1, 0.15) is 5.75 Å². The molecule has 116 valence electrons. The molecule has 2 aromatic rings. The first kappa shape index (κ1) is 16.1. The van der Waals surface area contributed by atoms with Crippen molar-refractivity contribution in [3.05, 3.63) is 53.1 Å². The Hall–Kier alpha value is -2.28. The van der Waals surface area contributed by atoms with E-state index in [4.69, 9.17) is 21.2 Å². The van der Waals surface area contributed by atoms with Crippen molar-refractivity contribution in [2.24, 2.45) is 0 Å². The molecule has 0 aliphatic heterocycles. The Morgan fingerprint density at radius 2 is 1.86 bits per heavy atom. The highest BCUT2D eigenvalue weighted by molar-refractivity contribution is 6.32.